The van der Waals surface area contributed by atoms with Gasteiger partial charge in [-0.05, 0) is 24.8 Å². The van der Waals surface area contributed by atoms with Crippen molar-refractivity contribution in [3.63, 3.8) is 0 Å². The second-order valence-electron chi connectivity index (χ2n) is 4.22. The van der Waals surface area contributed by atoms with Crippen LogP contribution in [0.25, 0.3) is 0 Å². The Bertz CT molecular complexity index is 455. The Balaban J connectivity index is 2.28. The highest BCUT2D eigenvalue weighted by molar-refractivity contribution is 5.33. The summed E-state index contributed by atoms with van der Waals surface area (Å²) in [5, 5.41) is 0. The number of ether oxygens (including phenoxy) is 1. The van der Waals surface area contributed by atoms with Crippen molar-refractivity contribution in [1.29, 1.82) is 0 Å². The molecule has 1 atom stereocenters. The van der Waals surface area contributed by atoms with Crippen LogP contribution in [0, 0.1) is 17.6 Å². The summed E-state index contributed by atoms with van der Waals surface area (Å²) in [6.45, 7) is 0. The van der Waals surface area contributed by atoms with Gasteiger partial charge in [-0.2, -0.15) is 0 Å². The van der Waals surface area contributed by atoms with Crippen molar-refractivity contribution in [3.8, 4) is 5.75 Å². The summed E-state index contributed by atoms with van der Waals surface area (Å²) in [5.41, 5.74) is 5.56. The van der Waals surface area contributed by atoms with E-state index in [0.29, 0.717) is 12.1 Å². The van der Waals surface area contributed by atoms with Crippen molar-refractivity contribution in [2.24, 2.45) is 11.7 Å². The van der Waals surface area contributed by atoms with Crippen LogP contribution in [0.5, 0.6) is 5.75 Å². The summed E-state index contributed by atoms with van der Waals surface area (Å²) in [6.07, 6.45) is -3.44. The fourth-order valence-corrected chi connectivity index (χ4v) is 1.71. The van der Waals surface area contributed by atoms with Crippen LogP contribution >= 0.6 is 0 Å². The SMILES string of the molecule is N[C@@H](c1cc(F)c(OC(F)(F)F)cc1F)C1CC1. The second kappa shape index (κ2) is 4.38. The number of halogens is 5. The van der Waals surface area contributed by atoms with Gasteiger partial charge in [0.2, 0.25) is 0 Å². The number of alkyl halides is 3. The normalized spacial score (nSPS) is 17.7. The van der Waals surface area contributed by atoms with Gasteiger partial charge in [-0.3, -0.25) is 0 Å². The van der Waals surface area contributed by atoms with Crippen molar-refractivity contribution < 1.29 is 26.7 Å². The first-order valence-corrected chi connectivity index (χ1v) is 5.28. The van der Waals surface area contributed by atoms with E-state index in [1.807, 2.05) is 0 Å². The van der Waals surface area contributed by atoms with Crippen molar-refractivity contribution in [2.75, 3.05) is 0 Å². The van der Waals surface area contributed by atoms with Gasteiger partial charge < -0.3 is 10.5 Å². The van der Waals surface area contributed by atoms with E-state index in [9.17, 15) is 22.0 Å². The Morgan fingerprint density at radius 1 is 1.17 bits per heavy atom. The first kappa shape index (κ1) is 13.1. The van der Waals surface area contributed by atoms with Crippen LogP contribution in [-0.2, 0) is 0 Å². The van der Waals surface area contributed by atoms with Gasteiger partial charge >= 0.3 is 6.36 Å². The fraction of sp³-hybridized carbons (Fsp3) is 0.455. The Labute approximate surface area is 99.5 Å². The Morgan fingerprint density at radius 3 is 2.28 bits per heavy atom. The molecule has 100 valence electrons. The molecule has 0 aromatic heterocycles. The lowest BCUT2D eigenvalue weighted by atomic mass is 10.0. The molecule has 1 aromatic rings. The van der Waals surface area contributed by atoms with Crippen LogP contribution in [0.1, 0.15) is 24.4 Å². The van der Waals surface area contributed by atoms with Crippen molar-refractivity contribution >= 4 is 0 Å². The van der Waals surface area contributed by atoms with E-state index in [4.69, 9.17) is 5.73 Å². The minimum absolute atomic E-state index is 0.0632. The van der Waals surface area contributed by atoms with Gasteiger partial charge in [-0.1, -0.05) is 0 Å². The van der Waals surface area contributed by atoms with E-state index in [1.165, 1.54) is 0 Å². The molecule has 2 N–H and O–H groups in total. The summed E-state index contributed by atoms with van der Waals surface area (Å²) < 4.78 is 66.0. The monoisotopic (exact) mass is 267 g/mol. The van der Waals surface area contributed by atoms with E-state index in [1.54, 1.807) is 0 Å². The fourth-order valence-electron chi connectivity index (χ4n) is 1.71. The van der Waals surface area contributed by atoms with Crippen molar-refractivity contribution in [3.05, 3.63) is 29.3 Å². The zero-order chi connectivity index (χ0) is 13.5. The van der Waals surface area contributed by atoms with Gasteiger partial charge in [0.1, 0.15) is 5.82 Å². The summed E-state index contributed by atoms with van der Waals surface area (Å²) in [7, 11) is 0. The van der Waals surface area contributed by atoms with Crippen molar-refractivity contribution in [2.45, 2.75) is 25.2 Å². The molecule has 0 saturated heterocycles. The molecule has 2 nitrogen and oxygen atoms in total. The molecule has 2 rings (SSSR count). The smallest absolute Gasteiger partial charge is 0.403 e. The second-order valence-corrected chi connectivity index (χ2v) is 4.22. The van der Waals surface area contributed by atoms with E-state index >= 15 is 0 Å². The van der Waals surface area contributed by atoms with E-state index in [0.717, 1.165) is 12.8 Å². The van der Waals surface area contributed by atoms with Crippen LogP contribution in [0.15, 0.2) is 12.1 Å². The molecule has 18 heavy (non-hydrogen) atoms. The minimum atomic E-state index is -5.06. The maximum Gasteiger partial charge on any atom is 0.573 e. The van der Waals surface area contributed by atoms with E-state index < -0.39 is 29.8 Å². The molecule has 0 spiro atoms. The van der Waals surface area contributed by atoms with E-state index in [2.05, 4.69) is 4.74 Å². The standard InChI is InChI=1S/C11H10F5NO/c12-7-4-9(18-11(14,15)16)8(13)3-6(7)10(17)5-1-2-5/h3-5,10H,1-2,17H2/t10-/m1/s1. The van der Waals surface area contributed by atoms with Gasteiger partial charge in [-0.15, -0.1) is 13.2 Å². The van der Waals surface area contributed by atoms with Crippen LogP contribution in [0.3, 0.4) is 0 Å². The number of benzene rings is 1. The molecule has 1 aromatic carbocycles. The molecule has 1 aliphatic rings. The highest BCUT2D eigenvalue weighted by Crippen LogP contribution is 2.41. The number of hydrogen-bond acceptors (Lipinski definition) is 2. The maximum absolute atomic E-state index is 13.5. The maximum atomic E-state index is 13.5. The number of hydrogen-bond donors (Lipinski definition) is 1. The quantitative estimate of drug-likeness (QED) is 0.853. The zero-order valence-electron chi connectivity index (χ0n) is 9.10. The van der Waals surface area contributed by atoms with Crippen LogP contribution in [0.2, 0.25) is 0 Å². The molecule has 0 radical (unpaired) electrons. The molecule has 0 heterocycles. The lowest BCUT2D eigenvalue weighted by Gasteiger charge is -2.15. The lowest BCUT2D eigenvalue weighted by Crippen LogP contribution is -2.19. The molecule has 7 heteroatoms. The Kier molecular flexibility index (Phi) is 3.18. The molecule has 0 aliphatic heterocycles. The van der Waals surface area contributed by atoms with Gasteiger partial charge in [0, 0.05) is 17.7 Å². The van der Waals surface area contributed by atoms with Crippen molar-refractivity contribution in [1.82, 2.24) is 0 Å². The van der Waals surface area contributed by atoms with Gasteiger partial charge in [0.05, 0.1) is 0 Å². The molecule has 1 fully saturated rings. The molecular weight excluding hydrogens is 257 g/mol. The first-order valence-electron chi connectivity index (χ1n) is 5.28. The summed E-state index contributed by atoms with van der Waals surface area (Å²) in [6, 6.07) is 0.346. The molecule has 0 bridgehead atoms. The number of rotatable bonds is 3. The highest BCUT2D eigenvalue weighted by atomic mass is 19.4. The van der Waals surface area contributed by atoms with Gasteiger partial charge in [0.25, 0.3) is 0 Å². The van der Waals surface area contributed by atoms with Crippen LogP contribution in [-0.4, -0.2) is 6.36 Å². The predicted octanol–water partition coefficient (Wildman–Crippen LogP) is 3.27. The molecule has 0 amide bonds. The summed E-state index contributed by atoms with van der Waals surface area (Å²) in [5.74, 6) is -3.39. The zero-order valence-corrected chi connectivity index (χ0v) is 9.10. The third-order valence-corrected chi connectivity index (χ3v) is 2.77. The third-order valence-electron chi connectivity index (χ3n) is 2.77. The molecule has 1 aliphatic carbocycles. The average molecular weight is 267 g/mol. The highest BCUT2D eigenvalue weighted by Gasteiger charge is 2.35. The predicted molar refractivity (Wildman–Crippen MR) is 52.7 cm³/mol. The number of nitrogens with two attached hydrogens (primary N) is 1. The molecule has 0 unspecified atom stereocenters. The first-order chi connectivity index (χ1) is 8.28. The van der Waals surface area contributed by atoms with Crippen LogP contribution in [0.4, 0.5) is 22.0 Å². The van der Waals surface area contributed by atoms with E-state index in [-0.39, 0.29) is 11.5 Å². The molecular formula is C11H10F5NO. The van der Waals surface area contributed by atoms with Crippen LogP contribution < -0.4 is 10.5 Å². The summed E-state index contributed by atoms with van der Waals surface area (Å²) >= 11 is 0. The molecule has 1 saturated carbocycles. The van der Waals surface area contributed by atoms with Gasteiger partial charge in [-0.25, -0.2) is 8.78 Å². The lowest BCUT2D eigenvalue weighted by molar-refractivity contribution is -0.275. The topological polar surface area (TPSA) is 35.2 Å². The Morgan fingerprint density at radius 2 is 1.78 bits per heavy atom. The van der Waals surface area contributed by atoms with Gasteiger partial charge in [0.15, 0.2) is 11.6 Å². The Hall–Kier alpha value is -1.37. The summed E-state index contributed by atoms with van der Waals surface area (Å²) in [4.78, 5) is 0. The third kappa shape index (κ3) is 2.90. The minimum Gasteiger partial charge on any atom is -0.403 e. The largest absolute Gasteiger partial charge is 0.573 e. The average Bonchev–Trinajstić information content (AvgIpc) is 3.03.